The maximum absolute atomic E-state index is 12.2. The van der Waals surface area contributed by atoms with Crippen LogP contribution in [0, 0.1) is 6.92 Å². The summed E-state index contributed by atoms with van der Waals surface area (Å²) in [5.41, 5.74) is 1.77. The molecule has 2 aromatic rings. The molecule has 0 atom stereocenters. The number of methoxy groups -OCH3 is 1. The van der Waals surface area contributed by atoms with E-state index < -0.39 is 0 Å². The number of carbonyl (C=O) groups is 3. The zero-order valence-electron chi connectivity index (χ0n) is 16.0. The van der Waals surface area contributed by atoms with E-state index in [0.717, 1.165) is 21.9 Å². The number of ether oxygens (including phenoxy) is 1. The predicted molar refractivity (Wildman–Crippen MR) is 106 cm³/mol. The molecule has 1 aromatic heterocycles. The van der Waals surface area contributed by atoms with Crippen LogP contribution in [0.5, 0.6) is 5.75 Å². The van der Waals surface area contributed by atoms with Crippen molar-refractivity contribution in [1.29, 1.82) is 0 Å². The number of likely N-dealkylation sites (N-methyl/N-ethyl adjacent to an activating group) is 1. The lowest BCUT2D eigenvalue weighted by molar-refractivity contribution is -0.125. The van der Waals surface area contributed by atoms with Crippen molar-refractivity contribution < 1.29 is 19.1 Å². The van der Waals surface area contributed by atoms with E-state index in [0.29, 0.717) is 11.6 Å². The normalized spacial score (nSPS) is 14.0. The highest BCUT2D eigenvalue weighted by Crippen LogP contribution is 2.31. The predicted octanol–water partition coefficient (Wildman–Crippen LogP) is 2.74. The lowest BCUT2D eigenvalue weighted by atomic mass is 10.1. The number of anilines is 1. The van der Waals surface area contributed by atoms with Crippen LogP contribution in [0.1, 0.15) is 17.7 Å². The molecule has 1 saturated heterocycles. The summed E-state index contributed by atoms with van der Waals surface area (Å²) in [6.45, 7) is 2.29. The summed E-state index contributed by atoms with van der Waals surface area (Å²) in [6.07, 6.45) is 0.615. The molecule has 1 fully saturated rings. The van der Waals surface area contributed by atoms with Gasteiger partial charge in [0.25, 0.3) is 0 Å². The van der Waals surface area contributed by atoms with Gasteiger partial charge in [0.2, 0.25) is 11.8 Å². The Labute approximate surface area is 167 Å². The van der Waals surface area contributed by atoms with Gasteiger partial charge in [-0.3, -0.25) is 14.5 Å². The molecule has 0 radical (unpaired) electrons. The molecule has 8 nitrogen and oxygen atoms in total. The van der Waals surface area contributed by atoms with Crippen molar-refractivity contribution in [2.45, 2.75) is 19.8 Å². The molecule has 9 heteroatoms. The zero-order valence-corrected chi connectivity index (χ0v) is 16.8. The van der Waals surface area contributed by atoms with Gasteiger partial charge in [-0.25, -0.2) is 9.78 Å². The number of hydrogen-bond acceptors (Lipinski definition) is 6. The molecule has 2 heterocycles. The number of nitrogens with one attached hydrogen (secondary N) is 1. The number of hydrogen-bond donors (Lipinski definition) is 1. The molecule has 0 unspecified atom stereocenters. The van der Waals surface area contributed by atoms with Crippen molar-refractivity contribution in [3.63, 3.8) is 0 Å². The minimum Gasteiger partial charge on any atom is -0.497 e. The fourth-order valence-electron chi connectivity index (χ4n) is 2.94. The van der Waals surface area contributed by atoms with Crippen LogP contribution in [0.25, 0.3) is 11.3 Å². The molecule has 28 heavy (non-hydrogen) atoms. The van der Waals surface area contributed by atoms with Crippen molar-refractivity contribution in [2.75, 3.05) is 32.6 Å². The van der Waals surface area contributed by atoms with Crippen LogP contribution in [0.2, 0.25) is 0 Å². The number of urea groups is 1. The maximum Gasteiger partial charge on any atom is 0.326 e. The van der Waals surface area contributed by atoms with Gasteiger partial charge < -0.3 is 15.0 Å². The van der Waals surface area contributed by atoms with Crippen molar-refractivity contribution >= 4 is 34.3 Å². The minimum atomic E-state index is -0.315. The number of amides is 4. The maximum atomic E-state index is 12.2. The Morgan fingerprint density at radius 3 is 2.61 bits per heavy atom. The van der Waals surface area contributed by atoms with Gasteiger partial charge >= 0.3 is 6.03 Å². The fourth-order valence-corrected chi connectivity index (χ4v) is 3.79. The van der Waals surface area contributed by atoms with Gasteiger partial charge in [0, 0.05) is 30.5 Å². The van der Waals surface area contributed by atoms with Crippen LogP contribution in [0.4, 0.5) is 9.93 Å². The molecule has 3 rings (SSSR count). The summed E-state index contributed by atoms with van der Waals surface area (Å²) in [4.78, 5) is 43.8. The molecule has 0 bridgehead atoms. The first kappa shape index (κ1) is 19.8. The molecule has 148 valence electrons. The van der Waals surface area contributed by atoms with E-state index in [2.05, 4.69) is 10.3 Å². The summed E-state index contributed by atoms with van der Waals surface area (Å²) in [7, 11) is 3.20. The van der Waals surface area contributed by atoms with Crippen LogP contribution in [-0.4, -0.2) is 59.9 Å². The largest absolute Gasteiger partial charge is 0.497 e. The Kier molecular flexibility index (Phi) is 5.93. The summed E-state index contributed by atoms with van der Waals surface area (Å²) < 4.78 is 5.16. The first-order valence-corrected chi connectivity index (χ1v) is 9.68. The molecular weight excluding hydrogens is 380 g/mol. The zero-order chi connectivity index (χ0) is 20.3. The highest BCUT2D eigenvalue weighted by atomic mass is 32.1. The Bertz CT molecular complexity index is 894. The quantitative estimate of drug-likeness (QED) is 0.719. The second kappa shape index (κ2) is 8.39. The Hall–Kier alpha value is -2.94. The monoisotopic (exact) mass is 402 g/mol. The van der Waals surface area contributed by atoms with E-state index in [4.69, 9.17) is 4.74 Å². The average Bonchev–Trinajstić information content (AvgIpc) is 3.15. The summed E-state index contributed by atoms with van der Waals surface area (Å²) in [5.74, 6) is 0.349. The van der Waals surface area contributed by atoms with E-state index in [1.165, 1.54) is 21.1 Å². The highest BCUT2D eigenvalue weighted by molar-refractivity contribution is 7.16. The molecule has 1 aliphatic heterocycles. The third-order valence-electron chi connectivity index (χ3n) is 4.42. The molecule has 1 aromatic carbocycles. The van der Waals surface area contributed by atoms with E-state index in [9.17, 15) is 14.4 Å². The molecular formula is C19H22N4O4S. The standard InChI is InChI=1S/C19H22N4O4S/c1-12-17(13-6-8-14(27-3)9-7-13)21-18(28-12)20-15(24)5-4-10-23-16(25)11-22(2)19(23)26/h6-9H,4-5,10-11H2,1-3H3,(H,20,21,24). The van der Waals surface area contributed by atoms with Crippen LogP contribution < -0.4 is 10.1 Å². The highest BCUT2D eigenvalue weighted by Gasteiger charge is 2.32. The van der Waals surface area contributed by atoms with Gasteiger partial charge in [-0.2, -0.15) is 0 Å². The SMILES string of the molecule is COc1ccc(-c2nc(NC(=O)CCCN3C(=O)CN(C)C3=O)sc2C)cc1. The van der Waals surface area contributed by atoms with Gasteiger partial charge in [0.05, 0.1) is 12.8 Å². The number of benzene rings is 1. The number of aryl methyl sites for hydroxylation is 1. The van der Waals surface area contributed by atoms with Gasteiger partial charge in [0.15, 0.2) is 5.13 Å². The first-order valence-electron chi connectivity index (χ1n) is 8.86. The third-order valence-corrected chi connectivity index (χ3v) is 5.31. The van der Waals surface area contributed by atoms with Gasteiger partial charge in [-0.05, 0) is 37.6 Å². The smallest absolute Gasteiger partial charge is 0.326 e. The van der Waals surface area contributed by atoms with Crippen LogP contribution in [0.15, 0.2) is 24.3 Å². The molecule has 0 aliphatic carbocycles. The van der Waals surface area contributed by atoms with Crippen molar-refractivity contribution in [3.05, 3.63) is 29.1 Å². The van der Waals surface area contributed by atoms with Crippen molar-refractivity contribution in [1.82, 2.24) is 14.8 Å². The number of imide groups is 1. The third kappa shape index (κ3) is 4.30. The summed E-state index contributed by atoms with van der Waals surface area (Å²) >= 11 is 1.41. The first-order chi connectivity index (χ1) is 13.4. The van der Waals surface area contributed by atoms with Crippen molar-refractivity contribution in [2.24, 2.45) is 0 Å². The summed E-state index contributed by atoms with van der Waals surface area (Å²) in [5, 5.41) is 3.33. The number of carbonyl (C=O) groups excluding carboxylic acids is 3. The number of nitrogens with zero attached hydrogens (tertiary/aromatic N) is 3. The van der Waals surface area contributed by atoms with Crippen molar-refractivity contribution in [3.8, 4) is 17.0 Å². The second-order valence-electron chi connectivity index (χ2n) is 6.49. The van der Waals surface area contributed by atoms with Gasteiger partial charge in [0.1, 0.15) is 12.3 Å². The van der Waals surface area contributed by atoms with E-state index >= 15 is 0 Å². The Morgan fingerprint density at radius 1 is 1.29 bits per heavy atom. The second-order valence-corrected chi connectivity index (χ2v) is 7.69. The topological polar surface area (TPSA) is 91.8 Å². The molecule has 4 amide bonds. The number of aromatic nitrogens is 1. The lowest BCUT2D eigenvalue weighted by Gasteiger charge is -2.13. The molecule has 0 saturated carbocycles. The molecule has 0 spiro atoms. The number of thiazole rings is 1. The van der Waals surface area contributed by atoms with Gasteiger partial charge in [-0.15, -0.1) is 11.3 Å². The van der Waals surface area contributed by atoms with E-state index in [1.807, 2.05) is 31.2 Å². The molecule has 1 N–H and O–H groups in total. The van der Waals surface area contributed by atoms with Gasteiger partial charge in [-0.1, -0.05) is 0 Å². The minimum absolute atomic E-state index is 0.0948. The molecule has 1 aliphatic rings. The summed E-state index contributed by atoms with van der Waals surface area (Å²) in [6, 6.07) is 7.27. The van der Waals surface area contributed by atoms with Crippen LogP contribution in [-0.2, 0) is 9.59 Å². The number of rotatable bonds is 7. The average molecular weight is 402 g/mol. The fraction of sp³-hybridized carbons (Fsp3) is 0.368. The van der Waals surface area contributed by atoms with Crippen LogP contribution >= 0.6 is 11.3 Å². The van der Waals surface area contributed by atoms with E-state index in [1.54, 1.807) is 14.2 Å². The van der Waals surface area contributed by atoms with E-state index in [-0.39, 0.29) is 37.4 Å². The Balaban J connectivity index is 1.54. The Morgan fingerprint density at radius 2 is 2.00 bits per heavy atom. The lowest BCUT2D eigenvalue weighted by Crippen LogP contribution is -2.32. The van der Waals surface area contributed by atoms with Crippen LogP contribution in [0.3, 0.4) is 0 Å².